The summed E-state index contributed by atoms with van der Waals surface area (Å²) in [6.07, 6.45) is 8.76. The van der Waals surface area contributed by atoms with Gasteiger partial charge >= 0.3 is 0 Å². The summed E-state index contributed by atoms with van der Waals surface area (Å²) < 4.78 is 3.09. The molecule has 0 bridgehead atoms. The summed E-state index contributed by atoms with van der Waals surface area (Å²) >= 11 is 1.84. The van der Waals surface area contributed by atoms with Crippen LogP contribution in [-0.4, -0.2) is 75.9 Å². The van der Waals surface area contributed by atoms with Gasteiger partial charge in [0.25, 0.3) is 5.91 Å². The molecule has 0 saturated carbocycles. The number of aromatic nitrogens is 1. The van der Waals surface area contributed by atoms with Crippen LogP contribution in [0.15, 0.2) is 90.3 Å². The highest BCUT2D eigenvalue weighted by Gasteiger charge is 2.48. The maximum absolute atomic E-state index is 13.2. The first-order chi connectivity index (χ1) is 18.2. The molecule has 7 heteroatoms. The van der Waals surface area contributed by atoms with Gasteiger partial charge in [0.05, 0.1) is 30.1 Å². The van der Waals surface area contributed by atoms with Crippen molar-refractivity contribution in [3.8, 4) is 5.69 Å². The third-order valence-electron chi connectivity index (χ3n) is 8.27. The first-order valence-electron chi connectivity index (χ1n) is 13.2. The molecule has 6 nitrogen and oxygen atoms in total. The van der Waals surface area contributed by atoms with Crippen LogP contribution in [0.3, 0.4) is 0 Å². The topological polar surface area (TPSA) is 31.7 Å². The maximum atomic E-state index is 13.2. The second-order valence-corrected chi connectivity index (χ2v) is 11.3. The molecule has 1 atom stereocenters. The van der Waals surface area contributed by atoms with Crippen LogP contribution in [0.2, 0.25) is 0 Å². The third-order valence-corrected chi connectivity index (χ3v) is 9.23. The lowest BCUT2D eigenvalue weighted by Gasteiger charge is -2.44. The molecule has 2 fully saturated rings. The third kappa shape index (κ3) is 3.60. The van der Waals surface area contributed by atoms with Crippen LogP contribution in [0, 0.1) is 6.92 Å². The number of thioether (sulfide) groups is 1. The van der Waals surface area contributed by atoms with E-state index in [2.05, 4.69) is 100 Å². The van der Waals surface area contributed by atoms with Crippen LogP contribution in [-0.2, 0) is 4.79 Å². The zero-order valence-electron chi connectivity index (χ0n) is 21.2. The Bertz CT molecular complexity index is 1460. The monoisotopic (exact) mass is 510 g/mol. The molecule has 4 aliphatic heterocycles. The number of hydrogen-bond acceptors (Lipinski definition) is 4. The minimum Gasteiger partial charge on any atom is -0.354 e. The number of amides is 1. The molecule has 0 aliphatic carbocycles. The van der Waals surface area contributed by atoms with Crippen molar-refractivity contribution in [3.05, 3.63) is 95.9 Å². The molecule has 0 radical (unpaired) electrons. The summed E-state index contributed by atoms with van der Waals surface area (Å²) in [4.78, 5) is 17.7. The van der Waals surface area contributed by atoms with Gasteiger partial charge in [-0.05, 0) is 36.8 Å². The number of allylic oxidation sites excluding steroid dienone is 3. The number of carbonyl (C=O) groups is 1. The van der Waals surface area contributed by atoms with Crippen molar-refractivity contribution in [2.45, 2.75) is 6.92 Å². The normalized spacial score (nSPS) is 23.6. The first-order valence-corrected chi connectivity index (χ1v) is 14.3. The number of fused-ring (bicyclic) bond motifs is 2. The number of para-hydroxylation sites is 2. The van der Waals surface area contributed by atoms with Gasteiger partial charge in [-0.2, -0.15) is 4.59 Å². The number of aryl methyl sites for hydroxylation is 1. The molecule has 1 amide bonds. The van der Waals surface area contributed by atoms with Crippen LogP contribution < -0.4 is 4.90 Å². The second-order valence-electron chi connectivity index (χ2n) is 10.3. The van der Waals surface area contributed by atoms with Crippen molar-refractivity contribution in [1.82, 2.24) is 14.5 Å². The molecule has 188 valence electrons. The molecular formula is C30H32N5OS+. The number of quaternary nitrogens is 1. The van der Waals surface area contributed by atoms with Crippen molar-refractivity contribution in [3.63, 3.8) is 0 Å². The van der Waals surface area contributed by atoms with E-state index < -0.39 is 0 Å². The summed E-state index contributed by atoms with van der Waals surface area (Å²) in [5, 5.41) is 3.86. The van der Waals surface area contributed by atoms with Gasteiger partial charge in [0, 0.05) is 48.6 Å². The van der Waals surface area contributed by atoms with Crippen LogP contribution in [0.4, 0.5) is 5.82 Å². The van der Waals surface area contributed by atoms with Crippen LogP contribution >= 0.6 is 11.8 Å². The van der Waals surface area contributed by atoms with Gasteiger partial charge < -0.3 is 9.80 Å². The zero-order valence-corrected chi connectivity index (χ0v) is 22.0. The summed E-state index contributed by atoms with van der Waals surface area (Å²) in [7, 11) is 0. The van der Waals surface area contributed by atoms with Crippen LogP contribution in [0.5, 0.6) is 0 Å². The van der Waals surface area contributed by atoms with Gasteiger partial charge in [-0.1, -0.05) is 36.4 Å². The molecule has 4 aliphatic rings. The minimum absolute atomic E-state index is 0.216. The van der Waals surface area contributed by atoms with Gasteiger partial charge in [-0.25, -0.2) is 0 Å². The number of hydrogen-bond donors (Lipinski definition) is 0. The number of nitrogens with zero attached hydrogens (tertiary/aromatic N) is 5. The van der Waals surface area contributed by atoms with Gasteiger partial charge in [-0.15, -0.1) is 16.8 Å². The lowest BCUT2D eigenvalue weighted by Crippen LogP contribution is -2.60. The minimum atomic E-state index is 0.216. The number of rotatable bonds is 4. The van der Waals surface area contributed by atoms with Gasteiger partial charge in [0.1, 0.15) is 18.6 Å². The van der Waals surface area contributed by atoms with E-state index in [0.717, 1.165) is 56.5 Å². The average molecular weight is 511 g/mol. The van der Waals surface area contributed by atoms with Crippen molar-refractivity contribution in [2.75, 3.05) is 55.8 Å². The highest BCUT2D eigenvalue weighted by atomic mass is 32.2. The highest BCUT2D eigenvalue weighted by Crippen LogP contribution is 2.40. The molecule has 2 saturated heterocycles. The molecule has 5 heterocycles. The second kappa shape index (κ2) is 8.94. The summed E-state index contributed by atoms with van der Waals surface area (Å²) in [5.41, 5.74) is 5.95. The average Bonchev–Trinajstić information content (AvgIpc) is 3.72. The number of benzene rings is 2. The SMILES string of the molecule is Cc1c(N2CCN([N@@+]34C=CC=C3C=C(C(=O)N3CCSC3)C4)CC2)n(-c2ccccc2)c2ccccc12. The van der Waals surface area contributed by atoms with E-state index in [0.29, 0.717) is 4.59 Å². The van der Waals surface area contributed by atoms with E-state index in [1.807, 2.05) is 16.7 Å². The molecule has 7 rings (SSSR count). The highest BCUT2D eigenvalue weighted by molar-refractivity contribution is 7.99. The Balaban J connectivity index is 1.16. The van der Waals surface area contributed by atoms with Crippen molar-refractivity contribution < 1.29 is 9.39 Å². The predicted octanol–water partition coefficient (Wildman–Crippen LogP) is 4.68. The lowest BCUT2D eigenvalue weighted by atomic mass is 10.2. The van der Waals surface area contributed by atoms with Gasteiger partial charge in [-0.3, -0.25) is 9.36 Å². The maximum Gasteiger partial charge on any atom is 0.256 e. The molecule has 1 aromatic heterocycles. The van der Waals surface area contributed by atoms with E-state index >= 15 is 0 Å². The largest absolute Gasteiger partial charge is 0.354 e. The van der Waals surface area contributed by atoms with Crippen molar-refractivity contribution >= 4 is 34.4 Å². The lowest BCUT2D eigenvalue weighted by molar-refractivity contribution is -0.948. The van der Waals surface area contributed by atoms with E-state index in [4.69, 9.17) is 0 Å². The van der Waals surface area contributed by atoms with Crippen LogP contribution in [0.25, 0.3) is 16.6 Å². The molecule has 37 heavy (non-hydrogen) atoms. The number of anilines is 1. The quantitative estimate of drug-likeness (QED) is 0.477. The zero-order chi connectivity index (χ0) is 25.0. The summed E-state index contributed by atoms with van der Waals surface area (Å²) in [6, 6.07) is 19.4. The number of piperazine rings is 1. The Labute approximate surface area is 222 Å². The fourth-order valence-electron chi connectivity index (χ4n) is 6.42. The van der Waals surface area contributed by atoms with Crippen LogP contribution in [0.1, 0.15) is 5.56 Å². The summed E-state index contributed by atoms with van der Waals surface area (Å²) in [5.74, 6) is 3.37. The Hall–Kier alpha value is -3.26. The van der Waals surface area contributed by atoms with E-state index in [-0.39, 0.29) is 5.91 Å². The molecular weight excluding hydrogens is 478 g/mol. The first kappa shape index (κ1) is 22.9. The Morgan fingerprint density at radius 3 is 2.51 bits per heavy atom. The summed E-state index contributed by atoms with van der Waals surface area (Å²) in [6.45, 7) is 7.61. The van der Waals surface area contributed by atoms with Crippen molar-refractivity contribution in [2.24, 2.45) is 0 Å². The Morgan fingerprint density at radius 1 is 0.946 bits per heavy atom. The molecule has 2 aromatic carbocycles. The van der Waals surface area contributed by atoms with Gasteiger partial charge in [0.15, 0.2) is 5.70 Å². The fourth-order valence-corrected chi connectivity index (χ4v) is 7.37. The Kier molecular flexibility index (Phi) is 5.53. The predicted molar refractivity (Wildman–Crippen MR) is 151 cm³/mol. The fraction of sp³-hybridized carbons (Fsp3) is 0.300. The smallest absolute Gasteiger partial charge is 0.256 e. The van der Waals surface area contributed by atoms with E-state index in [1.165, 1.54) is 33.7 Å². The number of carbonyl (C=O) groups excluding carboxylic acids is 1. The standard InChI is InChI=1S/C30H32N5OS/c1-23-27-11-5-6-12-28(27)34(25-8-3-2-4-9-25)29(23)31-13-15-33(16-14-31)35-18-7-10-26(35)20-24(21-35)30(36)32-17-19-37-22-32/h2-12,18,20H,13-17,19,21-22H2,1H3/q+1/t35-/m1/s1. The molecule has 3 aromatic rings. The molecule has 0 N–H and O–H groups in total. The Morgan fingerprint density at radius 2 is 1.73 bits per heavy atom. The van der Waals surface area contributed by atoms with Crippen molar-refractivity contribution in [1.29, 1.82) is 0 Å². The molecule has 0 unspecified atom stereocenters. The van der Waals surface area contributed by atoms with E-state index in [9.17, 15) is 4.79 Å². The molecule has 0 spiro atoms. The van der Waals surface area contributed by atoms with Gasteiger partial charge in [0.2, 0.25) is 0 Å². The van der Waals surface area contributed by atoms with E-state index in [1.54, 1.807) is 0 Å².